The number of benzene rings is 2. The van der Waals surface area contributed by atoms with Crippen LogP contribution >= 0.6 is 0 Å². The van der Waals surface area contributed by atoms with Crippen LogP contribution in [0.4, 0.5) is 22.7 Å². The number of ether oxygens (including phenoxy) is 1. The van der Waals surface area contributed by atoms with Gasteiger partial charge in [0.15, 0.2) is 0 Å². The lowest BCUT2D eigenvalue weighted by molar-refractivity contribution is -0.117. The summed E-state index contributed by atoms with van der Waals surface area (Å²) >= 11 is 0. The molecule has 8 nitrogen and oxygen atoms in total. The minimum absolute atomic E-state index is 0.0261. The molecule has 0 unspecified atom stereocenters. The van der Waals surface area contributed by atoms with Gasteiger partial charge in [-0.1, -0.05) is 12.2 Å². The molecule has 3 aliphatic rings. The molecule has 2 aromatic rings. The van der Waals surface area contributed by atoms with E-state index in [4.69, 9.17) is 10.5 Å². The van der Waals surface area contributed by atoms with E-state index < -0.39 is 0 Å². The Bertz CT molecular complexity index is 1120. The number of carbonyl (C=O) groups excluding carboxylic acids is 2. The average molecular weight is 460 g/mol. The number of morpholine rings is 1. The zero-order valence-electron chi connectivity index (χ0n) is 19.1. The lowest BCUT2D eigenvalue weighted by Crippen LogP contribution is -2.45. The third-order valence-electron chi connectivity index (χ3n) is 6.35. The van der Waals surface area contributed by atoms with Gasteiger partial charge in [-0.3, -0.25) is 9.59 Å². The van der Waals surface area contributed by atoms with Crippen LogP contribution in [0, 0.1) is 0 Å². The van der Waals surface area contributed by atoms with Crippen molar-refractivity contribution in [1.82, 2.24) is 4.90 Å². The summed E-state index contributed by atoms with van der Waals surface area (Å²) in [6, 6.07) is 15.0. The van der Waals surface area contributed by atoms with Gasteiger partial charge in [-0.15, -0.1) is 0 Å². The standard InChI is InChI=1S/C26H29N5O3/c27-19-5-9-21(10-6-19)30-13-1-3-23(25(30)32)28-20-7-11-22(12-8-20)31-14-2-4-24(26(31)33)29-15-17-34-18-16-29/h3-12,28H,1-2,13-18,27H2. The first kappa shape index (κ1) is 22.0. The van der Waals surface area contributed by atoms with Crippen LogP contribution < -0.4 is 20.9 Å². The number of anilines is 4. The number of rotatable bonds is 5. The highest BCUT2D eigenvalue weighted by atomic mass is 16.5. The van der Waals surface area contributed by atoms with Crippen molar-refractivity contribution in [2.75, 3.05) is 60.2 Å². The Morgan fingerprint density at radius 2 is 1.32 bits per heavy atom. The second-order valence-corrected chi connectivity index (χ2v) is 8.56. The molecule has 2 amide bonds. The number of amides is 2. The normalized spacial score (nSPS) is 19.1. The fraction of sp³-hybridized carbons (Fsp3) is 0.308. The summed E-state index contributed by atoms with van der Waals surface area (Å²) in [6.45, 7) is 4.06. The van der Waals surface area contributed by atoms with Gasteiger partial charge in [0.1, 0.15) is 5.70 Å². The zero-order chi connectivity index (χ0) is 23.5. The largest absolute Gasteiger partial charge is 0.399 e. The fourth-order valence-corrected chi connectivity index (χ4v) is 4.53. The van der Waals surface area contributed by atoms with Gasteiger partial charge >= 0.3 is 0 Å². The molecule has 5 rings (SSSR count). The van der Waals surface area contributed by atoms with Crippen molar-refractivity contribution >= 4 is 34.6 Å². The number of nitrogens with one attached hydrogen (secondary N) is 1. The molecular formula is C26H29N5O3. The van der Waals surface area contributed by atoms with E-state index >= 15 is 0 Å². The molecule has 1 saturated heterocycles. The molecule has 0 spiro atoms. The van der Waals surface area contributed by atoms with E-state index in [-0.39, 0.29) is 11.8 Å². The van der Waals surface area contributed by atoms with Crippen molar-refractivity contribution in [3.8, 4) is 0 Å². The second-order valence-electron chi connectivity index (χ2n) is 8.56. The molecule has 2 aromatic carbocycles. The molecule has 0 aromatic heterocycles. The van der Waals surface area contributed by atoms with E-state index in [9.17, 15) is 9.59 Å². The van der Waals surface area contributed by atoms with Gasteiger partial charge in [-0.2, -0.15) is 0 Å². The van der Waals surface area contributed by atoms with Crippen LogP contribution in [0.1, 0.15) is 12.8 Å². The number of hydrogen-bond donors (Lipinski definition) is 2. The summed E-state index contributed by atoms with van der Waals surface area (Å²) < 4.78 is 5.42. The van der Waals surface area contributed by atoms with Crippen LogP contribution in [0.15, 0.2) is 72.1 Å². The first-order chi connectivity index (χ1) is 16.6. The van der Waals surface area contributed by atoms with E-state index in [2.05, 4.69) is 10.2 Å². The maximum Gasteiger partial charge on any atom is 0.274 e. The summed E-state index contributed by atoms with van der Waals surface area (Å²) in [5.74, 6) is -0.0511. The van der Waals surface area contributed by atoms with Crippen LogP contribution in [0.3, 0.4) is 0 Å². The molecular weight excluding hydrogens is 430 g/mol. The minimum atomic E-state index is -0.0772. The number of carbonyl (C=O) groups is 2. The molecule has 0 atom stereocenters. The maximum atomic E-state index is 13.2. The SMILES string of the molecule is Nc1ccc(N2CCC=C(Nc3ccc(N4CCC=C(N5CCOCC5)C4=O)cc3)C2=O)cc1. The van der Waals surface area contributed by atoms with Gasteiger partial charge in [-0.05, 0) is 61.4 Å². The number of nitrogens with zero attached hydrogens (tertiary/aromatic N) is 3. The van der Waals surface area contributed by atoms with E-state index in [0.29, 0.717) is 37.7 Å². The molecule has 0 bridgehead atoms. The molecule has 3 heterocycles. The minimum Gasteiger partial charge on any atom is -0.399 e. The Balaban J connectivity index is 1.26. The third-order valence-corrected chi connectivity index (χ3v) is 6.35. The van der Waals surface area contributed by atoms with Gasteiger partial charge < -0.3 is 30.5 Å². The van der Waals surface area contributed by atoms with Crippen LogP contribution in [-0.2, 0) is 14.3 Å². The molecule has 8 heteroatoms. The van der Waals surface area contributed by atoms with Crippen LogP contribution in [0.2, 0.25) is 0 Å². The van der Waals surface area contributed by atoms with Crippen LogP contribution in [0.5, 0.6) is 0 Å². The summed E-state index contributed by atoms with van der Waals surface area (Å²) in [5, 5.41) is 3.25. The quantitative estimate of drug-likeness (QED) is 0.668. The lowest BCUT2D eigenvalue weighted by Gasteiger charge is -2.35. The van der Waals surface area contributed by atoms with E-state index in [1.807, 2.05) is 53.5 Å². The van der Waals surface area contributed by atoms with Gasteiger partial charge in [0, 0.05) is 48.9 Å². The summed E-state index contributed by atoms with van der Waals surface area (Å²) in [6.07, 6.45) is 5.54. The molecule has 0 aliphatic carbocycles. The summed E-state index contributed by atoms with van der Waals surface area (Å²) in [5.41, 5.74) is 10.2. The molecule has 0 radical (unpaired) electrons. The third kappa shape index (κ3) is 4.49. The topological polar surface area (TPSA) is 91.1 Å². The number of nitrogen functional groups attached to an aromatic ring is 1. The molecule has 176 valence electrons. The van der Waals surface area contributed by atoms with Crippen molar-refractivity contribution in [3.63, 3.8) is 0 Å². The van der Waals surface area contributed by atoms with Crippen molar-refractivity contribution in [3.05, 3.63) is 72.1 Å². The van der Waals surface area contributed by atoms with Gasteiger partial charge in [-0.25, -0.2) is 0 Å². The number of hydrogen-bond acceptors (Lipinski definition) is 6. The van der Waals surface area contributed by atoms with Crippen molar-refractivity contribution < 1.29 is 14.3 Å². The Labute approximate surface area is 199 Å². The molecule has 1 fully saturated rings. The Hall–Kier alpha value is -3.78. The van der Waals surface area contributed by atoms with Gasteiger partial charge in [0.25, 0.3) is 11.8 Å². The first-order valence-electron chi connectivity index (χ1n) is 11.7. The highest BCUT2D eigenvalue weighted by Gasteiger charge is 2.28. The number of nitrogens with two attached hydrogens (primary N) is 1. The Morgan fingerprint density at radius 3 is 2.00 bits per heavy atom. The smallest absolute Gasteiger partial charge is 0.274 e. The van der Waals surface area contributed by atoms with Gasteiger partial charge in [0.05, 0.1) is 18.9 Å². The predicted octanol–water partition coefficient (Wildman–Crippen LogP) is 2.95. The van der Waals surface area contributed by atoms with E-state index in [1.165, 1.54) is 0 Å². The Morgan fingerprint density at radius 1 is 0.735 bits per heavy atom. The average Bonchev–Trinajstić information content (AvgIpc) is 2.87. The molecule has 3 N–H and O–H groups in total. The predicted molar refractivity (Wildman–Crippen MR) is 133 cm³/mol. The molecule has 34 heavy (non-hydrogen) atoms. The zero-order valence-corrected chi connectivity index (χ0v) is 19.1. The second kappa shape index (κ2) is 9.61. The fourth-order valence-electron chi connectivity index (χ4n) is 4.53. The van der Waals surface area contributed by atoms with E-state index in [1.54, 1.807) is 17.0 Å². The first-order valence-corrected chi connectivity index (χ1v) is 11.7. The maximum absolute atomic E-state index is 13.2. The molecule has 0 saturated carbocycles. The highest BCUT2D eigenvalue weighted by molar-refractivity contribution is 6.08. The van der Waals surface area contributed by atoms with Gasteiger partial charge in [0.2, 0.25) is 0 Å². The van der Waals surface area contributed by atoms with Crippen molar-refractivity contribution in [2.45, 2.75) is 12.8 Å². The lowest BCUT2D eigenvalue weighted by atomic mass is 10.1. The molecule has 3 aliphatic heterocycles. The Kier molecular flexibility index (Phi) is 6.22. The van der Waals surface area contributed by atoms with Crippen LogP contribution in [-0.4, -0.2) is 56.1 Å². The van der Waals surface area contributed by atoms with E-state index in [0.717, 1.165) is 48.7 Å². The monoisotopic (exact) mass is 459 g/mol. The van der Waals surface area contributed by atoms with Crippen LogP contribution in [0.25, 0.3) is 0 Å². The summed E-state index contributed by atoms with van der Waals surface area (Å²) in [7, 11) is 0. The van der Waals surface area contributed by atoms with Crippen molar-refractivity contribution in [1.29, 1.82) is 0 Å². The van der Waals surface area contributed by atoms with Crippen molar-refractivity contribution in [2.24, 2.45) is 0 Å². The highest BCUT2D eigenvalue weighted by Crippen LogP contribution is 2.27. The summed E-state index contributed by atoms with van der Waals surface area (Å²) in [4.78, 5) is 31.9.